The minimum absolute atomic E-state index is 0.00641. The molecule has 0 unspecified atom stereocenters. The summed E-state index contributed by atoms with van der Waals surface area (Å²) in [6, 6.07) is 4.95. The summed E-state index contributed by atoms with van der Waals surface area (Å²) < 4.78 is 51.1. The molecular formula is C12H8F4N2S. The maximum atomic E-state index is 13.4. The predicted octanol–water partition coefficient (Wildman–Crippen LogP) is 4.27. The van der Waals surface area contributed by atoms with Crippen molar-refractivity contribution in [1.29, 1.82) is 0 Å². The third kappa shape index (κ3) is 2.81. The summed E-state index contributed by atoms with van der Waals surface area (Å²) >= 11 is 4.67. The van der Waals surface area contributed by atoms with E-state index in [0.29, 0.717) is 0 Å². The molecule has 0 fully saturated rings. The minimum Gasteiger partial charge on any atom is -0.327 e. The Hall–Kier alpha value is -1.76. The van der Waals surface area contributed by atoms with E-state index in [1.165, 1.54) is 25.1 Å². The van der Waals surface area contributed by atoms with Gasteiger partial charge in [0.1, 0.15) is 11.5 Å². The largest absolute Gasteiger partial charge is 0.431 e. The molecule has 0 radical (unpaired) electrons. The molecule has 0 aliphatic heterocycles. The van der Waals surface area contributed by atoms with Crippen LogP contribution in [0.15, 0.2) is 24.3 Å². The Morgan fingerprint density at radius 1 is 1.26 bits per heavy atom. The number of halogens is 4. The first-order valence-electron chi connectivity index (χ1n) is 5.23. The molecule has 0 spiro atoms. The van der Waals surface area contributed by atoms with Crippen molar-refractivity contribution in [3.8, 4) is 11.3 Å². The average molecular weight is 288 g/mol. The lowest BCUT2D eigenvalue weighted by Gasteiger charge is -2.10. The lowest BCUT2D eigenvalue weighted by molar-refractivity contribution is -0.141. The first kappa shape index (κ1) is 13.7. The molecule has 100 valence electrons. The molecule has 0 bridgehead atoms. The van der Waals surface area contributed by atoms with E-state index < -0.39 is 17.7 Å². The third-order valence-electron chi connectivity index (χ3n) is 2.59. The van der Waals surface area contributed by atoms with Crippen molar-refractivity contribution in [2.24, 2.45) is 0 Å². The fourth-order valence-corrected chi connectivity index (χ4v) is 1.84. The smallest absolute Gasteiger partial charge is 0.327 e. The van der Waals surface area contributed by atoms with Gasteiger partial charge in [-0.1, -0.05) is 12.1 Å². The molecule has 0 amide bonds. The highest BCUT2D eigenvalue weighted by molar-refractivity contribution is 7.71. The Morgan fingerprint density at radius 3 is 2.58 bits per heavy atom. The van der Waals surface area contributed by atoms with Crippen molar-refractivity contribution in [2.45, 2.75) is 13.1 Å². The van der Waals surface area contributed by atoms with E-state index in [-0.39, 0.29) is 21.6 Å². The number of rotatable bonds is 1. The third-order valence-corrected chi connectivity index (χ3v) is 2.79. The number of nitrogens with one attached hydrogen (secondary N) is 1. The van der Waals surface area contributed by atoms with Gasteiger partial charge in [0.15, 0.2) is 4.77 Å². The van der Waals surface area contributed by atoms with E-state index in [1.54, 1.807) is 0 Å². The van der Waals surface area contributed by atoms with Crippen LogP contribution >= 0.6 is 12.2 Å². The summed E-state index contributed by atoms with van der Waals surface area (Å²) in [5.41, 5.74) is -0.506. The summed E-state index contributed by atoms with van der Waals surface area (Å²) in [5.74, 6) is -0.508. The van der Waals surface area contributed by atoms with Gasteiger partial charge >= 0.3 is 6.18 Å². The molecule has 0 aliphatic rings. The summed E-state index contributed by atoms with van der Waals surface area (Å²) in [6.45, 7) is 1.47. The molecule has 7 heteroatoms. The molecule has 1 N–H and O–H groups in total. The van der Waals surface area contributed by atoms with Crippen LogP contribution < -0.4 is 0 Å². The number of alkyl halides is 3. The van der Waals surface area contributed by atoms with Gasteiger partial charge in [-0.2, -0.15) is 13.2 Å². The van der Waals surface area contributed by atoms with Crippen LogP contribution in [0.25, 0.3) is 11.3 Å². The number of aromatic amines is 1. The van der Waals surface area contributed by atoms with Crippen LogP contribution in [0, 0.1) is 17.5 Å². The highest BCUT2D eigenvalue weighted by Crippen LogP contribution is 2.31. The molecular weight excluding hydrogens is 280 g/mol. The first-order valence-corrected chi connectivity index (χ1v) is 5.64. The fraction of sp³-hybridized carbons (Fsp3) is 0.167. The van der Waals surface area contributed by atoms with Gasteiger partial charge in [-0.25, -0.2) is 9.37 Å². The monoisotopic (exact) mass is 288 g/mol. The highest BCUT2D eigenvalue weighted by Gasteiger charge is 2.32. The molecule has 1 heterocycles. The van der Waals surface area contributed by atoms with Gasteiger partial charge in [-0.05, 0) is 36.8 Å². The molecule has 19 heavy (non-hydrogen) atoms. The predicted molar refractivity (Wildman–Crippen MR) is 64.6 cm³/mol. The molecule has 1 aromatic heterocycles. The zero-order valence-corrected chi connectivity index (χ0v) is 10.5. The van der Waals surface area contributed by atoms with Crippen molar-refractivity contribution < 1.29 is 17.6 Å². The fourth-order valence-electron chi connectivity index (χ4n) is 1.63. The number of H-pyrrole nitrogens is 1. The van der Waals surface area contributed by atoms with E-state index in [2.05, 4.69) is 17.2 Å². The minimum atomic E-state index is -4.56. The maximum absolute atomic E-state index is 13.4. The second kappa shape index (κ2) is 4.73. The summed E-state index contributed by atoms with van der Waals surface area (Å²) in [6.07, 6.45) is -4.56. The molecule has 2 rings (SSSR count). The SMILES string of the molecule is Cc1c(F)cccc1-c1cc(C(F)(F)F)[nH]c(=S)n1. The second-order valence-electron chi connectivity index (χ2n) is 3.90. The first-order chi connectivity index (χ1) is 8.79. The normalized spacial score (nSPS) is 11.6. The molecule has 2 nitrogen and oxygen atoms in total. The Bertz CT molecular complexity index is 676. The topological polar surface area (TPSA) is 28.7 Å². The molecule has 0 saturated heterocycles. The van der Waals surface area contributed by atoms with Crippen LogP contribution in [0.4, 0.5) is 17.6 Å². The van der Waals surface area contributed by atoms with Crippen LogP contribution in [-0.4, -0.2) is 9.97 Å². The molecule has 2 aromatic rings. The van der Waals surface area contributed by atoms with E-state index in [0.717, 1.165) is 6.07 Å². The van der Waals surface area contributed by atoms with Crippen molar-refractivity contribution in [3.63, 3.8) is 0 Å². The van der Waals surface area contributed by atoms with E-state index in [1.807, 2.05) is 4.98 Å². The van der Waals surface area contributed by atoms with E-state index in [4.69, 9.17) is 0 Å². The summed E-state index contributed by atoms with van der Waals surface area (Å²) in [4.78, 5) is 5.79. The van der Waals surface area contributed by atoms with Crippen LogP contribution in [0.5, 0.6) is 0 Å². The molecule has 1 aromatic carbocycles. The molecule has 0 aliphatic carbocycles. The number of nitrogens with zero attached hydrogens (tertiary/aromatic N) is 1. The van der Waals surface area contributed by atoms with Gasteiger partial charge in [0.05, 0.1) is 5.69 Å². The Morgan fingerprint density at radius 2 is 1.95 bits per heavy atom. The number of aromatic nitrogens is 2. The lowest BCUT2D eigenvalue weighted by atomic mass is 10.0. The van der Waals surface area contributed by atoms with Crippen LogP contribution in [0.2, 0.25) is 0 Å². The molecule has 0 saturated carbocycles. The number of hydrogen-bond acceptors (Lipinski definition) is 2. The quantitative estimate of drug-likeness (QED) is 0.627. The van der Waals surface area contributed by atoms with Gasteiger partial charge in [-0.3, -0.25) is 0 Å². The summed E-state index contributed by atoms with van der Waals surface area (Å²) in [7, 11) is 0. The van der Waals surface area contributed by atoms with Crippen molar-refractivity contribution in [2.75, 3.05) is 0 Å². The van der Waals surface area contributed by atoms with Gasteiger partial charge < -0.3 is 4.98 Å². The average Bonchev–Trinajstić information content (AvgIpc) is 2.31. The van der Waals surface area contributed by atoms with Crippen LogP contribution in [0.3, 0.4) is 0 Å². The van der Waals surface area contributed by atoms with Crippen LogP contribution in [0.1, 0.15) is 11.3 Å². The summed E-state index contributed by atoms with van der Waals surface area (Å²) in [5, 5.41) is 0. The highest BCUT2D eigenvalue weighted by atomic mass is 32.1. The zero-order valence-electron chi connectivity index (χ0n) is 9.68. The van der Waals surface area contributed by atoms with Gasteiger partial charge in [0.2, 0.25) is 0 Å². The van der Waals surface area contributed by atoms with Gasteiger partial charge in [-0.15, -0.1) is 0 Å². The van der Waals surface area contributed by atoms with Gasteiger partial charge in [0.25, 0.3) is 0 Å². The maximum Gasteiger partial charge on any atom is 0.431 e. The Balaban J connectivity index is 2.67. The van der Waals surface area contributed by atoms with E-state index >= 15 is 0 Å². The standard InChI is InChI=1S/C12H8F4N2S/c1-6-7(3-2-4-8(6)13)9-5-10(12(14,15)16)18-11(19)17-9/h2-5H,1H3,(H,17,18,19). The second-order valence-corrected chi connectivity index (χ2v) is 4.28. The Kier molecular flexibility index (Phi) is 3.40. The van der Waals surface area contributed by atoms with Crippen molar-refractivity contribution in [1.82, 2.24) is 9.97 Å². The number of benzene rings is 1. The zero-order chi connectivity index (χ0) is 14.2. The molecule has 0 atom stereocenters. The van der Waals surface area contributed by atoms with Crippen LogP contribution in [-0.2, 0) is 6.18 Å². The lowest BCUT2D eigenvalue weighted by Crippen LogP contribution is -2.09. The van der Waals surface area contributed by atoms with Crippen molar-refractivity contribution >= 4 is 12.2 Å². The van der Waals surface area contributed by atoms with Crippen molar-refractivity contribution in [3.05, 3.63) is 46.1 Å². The Labute approximate surface area is 111 Å². The van der Waals surface area contributed by atoms with Gasteiger partial charge in [0, 0.05) is 5.56 Å². The van der Waals surface area contributed by atoms with E-state index in [9.17, 15) is 17.6 Å². The number of hydrogen-bond donors (Lipinski definition) is 1.